The number of likely N-dealkylation sites (tertiary alicyclic amines) is 1. The number of carbonyl (C=O) groups is 1. The van der Waals surface area contributed by atoms with Gasteiger partial charge in [-0.1, -0.05) is 45.0 Å². The lowest BCUT2D eigenvalue weighted by molar-refractivity contribution is -0.132. The lowest BCUT2D eigenvalue weighted by Gasteiger charge is -2.32. The second kappa shape index (κ2) is 15.2. The van der Waals surface area contributed by atoms with E-state index in [1.54, 1.807) is 14.2 Å². The second-order valence-electron chi connectivity index (χ2n) is 12.9. The van der Waals surface area contributed by atoms with Crippen LogP contribution in [-0.4, -0.2) is 72.1 Å². The van der Waals surface area contributed by atoms with Crippen LogP contribution in [0.1, 0.15) is 91.6 Å². The first kappa shape index (κ1) is 36.4. The van der Waals surface area contributed by atoms with Gasteiger partial charge in [-0.25, -0.2) is 4.98 Å². The summed E-state index contributed by atoms with van der Waals surface area (Å²) < 4.78 is 23.1. The highest BCUT2D eigenvalue weighted by atomic mass is 16.7. The standard InChI is InChI=1S/C32H36BN3O4.C2H6O.C2H6.CH4O/c1-6-8-28(37)36-14-7-9-26(36)30-34-25-13-10-19-16-24-22-12-11-21(33-39-31(2,3)32(4,5)40-33)15-20(22)18-38-27(24)17-23(19)29(25)35-30;1-3-2;2*1-2/h10-13,15-17,26H,6-9,14,18H2,1-5H3,(H,34,35);1-2H3;1-2H3;2H,1H3. The van der Waals surface area contributed by atoms with Gasteiger partial charge in [0.25, 0.3) is 0 Å². The molecule has 9 nitrogen and oxygen atoms in total. The van der Waals surface area contributed by atoms with Crippen molar-refractivity contribution in [3.05, 3.63) is 53.9 Å². The van der Waals surface area contributed by atoms with Crippen LogP contribution in [0.15, 0.2) is 42.5 Å². The number of hydrogen-bond donors (Lipinski definition) is 2. The number of H-pyrrole nitrogens is 1. The van der Waals surface area contributed by atoms with E-state index in [9.17, 15) is 4.79 Å². The van der Waals surface area contributed by atoms with Gasteiger partial charge in [0.15, 0.2) is 0 Å². The third-order valence-corrected chi connectivity index (χ3v) is 9.27. The topological polar surface area (TPSA) is 106 Å². The second-order valence-corrected chi connectivity index (χ2v) is 12.9. The quantitative estimate of drug-likeness (QED) is 0.232. The van der Waals surface area contributed by atoms with Gasteiger partial charge in [-0.2, -0.15) is 0 Å². The molecule has 3 aromatic carbocycles. The zero-order chi connectivity index (χ0) is 34.5. The van der Waals surface area contributed by atoms with Gasteiger partial charge in [0.05, 0.1) is 28.3 Å². The molecule has 0 saturated carbocycles. The highest BCUT2D eigenvalue weighted by Crippen LogP contribution is 2.43. The molecule has 1 unspecified atom stereocenters. The van der Waals surface area contributed by atoms with Crippen molar-refractivity contribution >= 4 is 40.3 Å². The first-order chi connectivity index (χ1) is 22.6. The molecule has 1 aromatic heterocycles. The summed E-state index contributed by atoms with van der Waals surface area (Å²) in [5.41, 5.74) is 5.53. The summed E-state index contributed by atoms with van der Waals surface area (Å²) in [6.07, 6.45) is 3.40. The van der Waals surface area contributed by atoms with E-state index < -0.39 is 7.12 Å². The molecule has 2 N–H and O–H groups in total. The van der Waals surface area contributed by atoms with Crippen LogP contribution < -0.4 is 10.2 Å². The largest absolute Gasteiger partial charge is 0.494 e. The predicted molar refractivity (Wildman–Crippen MR) is 190 cm³/mol. The van der Waals surface area contributed by atoms with Crippen molar-refractivity contribution in [3.63, 3.8) is 0 Å². The van der Waals surface area contributed by atoms with Crippen molar-refractivity contribution in [2.45, 2.75) is 98.0 Å². The van der Waals surface area contributed by atoms with Crippen LogP contribution in [0.3, 0.4) is 0 Å². The van der Waals surface area contributed by atoms with E-state index in [-0.39, 0.29) is 23.2 Å². The van der Waals surface area contributed by atoms with E-state index in [0.717, 1.165) is 82.9 Å². The molecule has 7 rings (SSSR count). The summed E-state index contributed by atoms with van der Waals surface area (Å²) in [7, 11) is 3.85. The van der Waals surface area contributed by atoms with Gasteiger partial charge < -0.3 is 33.8 Å². The predicted octanol–water partition coefficient (Wildman–Crippen LogP) is 6.94. The number of aliphatic hydroxyl groups excluding tert-OH is 1. The van der Waals surface area contributed by atoms with Crippen LogP contribution in [0.25, 0.3) is 32.9 Å². The Bertz CT molecular complexity index is 1670. The van der Waals surface area contributed by atoms with E-state index in [0.29, 0.717) is 13.0 Å². The monoisotopic (exact) mass is 645 g/mol. The fraction of sp³-hybridized carbons (Fsp3) is 0.514. The Morgan fingerprint density at radius 2 is 1.72 bits per heavy atom. The molecular weight excluding hydrogens is 593 g/mol. The fourth-order valence-electron chi connectivity index (χ4n) is 6.32. The van der Waals surface area contributed by atoms with Gasteiger partial charge in [-0.3, -0.25) is 4.79 Å². The Morgan fingerprint density at radius 3 is 2.38 bits per heavy atom. The third-order valence-electron chi connectivity index (χ3n) is 9.27. The number of amides is 1. The number of carbonyl (C=O) groups excluding carboxylic acids is 1. The Hall–Kier alpha value is -3.44. The van der Waals surface area contributed by atoms with Gasteiger partial charge in [0.2, 0.25) is 5.91 Å². The molecule has 47 heavy (non-hydrogen) atoms. The first-order valence-electron chi connectivity index (χ1n) is 16.8. The van der Waals surface area contributed by atoms with E-state index in [1.807, 2.05) is 18.7 Å². The lowest BCUT2D eigenvalue weighted by atomic mass is 9.77. The number of aliphatic hydroxyl groups is 1. The SMILES string of the molecule is CC.CCCC(=O)N1CCCC1c1nc2c(ccc3cc4c(cc32)OCc2cc(B3OC(C)(C)C(C)(C)O3)ccc2-4)[nH]1.CO.COC. The number of ether oxygens (including phenoxy) is 2. The number of fused-ring (bicyclic) bond motifs is 6. The lowest BCUT2D eigenvalue weighted by Crippen LogP contribution is -2.41. The smallest absolute Gasteiger partial charge is 0.488 e. The average molecular weight is 646 g/mol. The number of nitrogens with zero attached hydrogens (tertiary/aromatic N) is 2. The van der Waals surface area contributed by atoms with Crippen molar-refractivity contribution in [1.82, 2.24) is 14.9 Å². The molecule has 4 heterocycles. The molecule has 3 aliphatic heterocycles. The zero-order valence-electron chi connectivity index (χ0n) is 29.8. The summed E-state index contributed by atoms with van der Waals surface area (Å²) in [5, 5.41) is 9.17. The molecule has 2 fully saturated rings. The molecule has 2 saturated heterocycles. The normalized spacial score (nSPS) is 18.6. The summed E-state index contributed by atoms with van der Waals surface area (Å²) in [6.45, 7) is 15.6. The molecule has 0 bridgehead atoms. The summed E-state index contributed by atoms with van der Waals surface area (Å²) >= 11 is 0. The van der Waals surface area contributed by atoms with Crippen LogP contribution in [-0.2, 0) is 25.4 Å². The van der Waals surface area contributed by atoms with Crippen LogP contribution in [0, 0.1) is 0 Å². The third kappa shape index (κ3) is 7.07. The molecule has 1 amide bonds. The van der Waals surface area contributed by atoms with E-state index in [4.69, 9.17) is 24.1 Å². The summed E-state index contributed by atoms with van der Waals surface area (Å²) in [4.78, 5) is 23.3. The maximum absolute atomic E-state index is 12.7. The highest BCUT2D eigenvalue weighted by molar-refractivity contribution is 6.62. The number of imidazole rings is 1. The minimum atomic E-state index is -0.400. The van der Waals surface area contributed by atoms with Crippen LogP contribution in [0.2, 0.25) is 0 Å². The Kier molecular flexibility index (Phi) is 11.8. The number of nitrogens with one attached hydrogen (secondary N) is 1. The minimum Gasteiger partial charge on any atom is -0.488 e. The maximum Gasteiger partial charge on any atom is 0.494 e. The van der Waals surface area contributed by atoms with Gasteiger partial charge in [0.1, 0.15) is 18.2 Å². The van der Waals surface area contributed by atoms with E-state index in [1.165, 1.54) is 5.56 Å². The first-order valence-corrected chi connectivity index (χ1v) is 16.8. The summed E-state index contributed by atoms with van der Waals surface area (Å²) in [5.74, 6) is 1.96. The maximum atomic E-state index is 12.7. The Labute approximate surface area is 280 Å². The summed E-state index contributed by atoms with van der Waals surface area (Å²) in [6, 6.07) is 15.0. The Balaban J connectivity index is 0.000000666. The van der Waals surface area contributed by atoms with Gasteiger partial charge >= 0.3 is 7.12 Å². The molecule has 0 aliphatic carbocycles. The molecule has 1 atom stereocenters. The fourth-order valence-corrected chi connectivity index (χ4v) is 6.32. The molecule has 254 valence electrons. The van der Waals surface area contributed by atoms with E-state index >= 15 is 0 Å². The van der Waals surface area contributed by atoms with Crippen molar-refractivity contribution in [2.75, 3.05) is 27.9 Å². The van der Waals surface area contributed by atoms with Crippen molar-refractivity contribution in [3.8, 4) is 16.9 Å². The molecular formula is C37H52BN3O6. The van der Waals surface area contributed by atoms with Gasteiger partial charge in [-0.05, 0) is 87.1 Å². The van der Waals surface area contributed by atoms with Crippen LogP contribution in [0.5, 0.6) is 5.75 Å². The molecule has 3 aliphatic rings. The molecule has 4 aromatic rings. The van der Waals surface area contributed by atoms with Gasteiger partial charge in [0, 0.05) is 45.2 Å². The van der Waals surface area contributed by atoms with Crippen molar-refractivity contribution in [2.24, 2.45) is 0 Å². The number of aromatic nitrogens is 2. The minimum absolute atomic E-state index is 0.0143. The number of aromatic amines is 1. The molecule has 0 spiro atoms. The molecule has 10 heteroatoms. The van der Waals surface area contributed by atoms with Crippen molar-refractivity contribution in [1.29, 1.82) is 0 Å². The molecule has 0 radical (unpaired) electrons. The van der Waals surface area contributed by atoms with Crippen LogP contribution >= 0.6 is 0 Å². The zero-order valence-corrected chi connectivity index (χ0v) is 29.8. The average Bonchev–Trinajstić information content (AvgIpc) is 3.78. The highest BCUT2D eigenvalue weighted by Gasteiger charge is 2.51. The van der Waals surface area contributed by atoms with Crippen LogP contribution in [0.4, 0.5) is 0 Å². The number of hydrogen-bond acceptors (Lipinski definition) is 7. The van der Waals surface area contributed by atoms with E-state index in [2.05, 4.69) is 86.8 Å². The van der Waals surface area contributed by atoms with Crippen molar-refractivity contribution < 1.29 is 28.7 Å². The number of rotatable bonds is 4. The van der Waals surface area contributed by atoms with Gasteiger partial charge in [-0.15, -0.1) is 0 Å². The Morgan fingerprint density at radius 1 is 1.04 bits per heavy atom. The number of methoxy groups -OCH3 is 1. The number of benzene rings is 3.